The standard InChI is InChI=1S/C23H34N4O3/c1-7-30-21-13-18(10-11-20(21)28-5)9-8-12-25-23(24-4)27-15-19-17(3)22(29-6)16(2)14-26-19/h10-11,13-14H,7-9,12,15H2,1-6H3,(H2,24,25,27). The fraction of sp³-hybridized carbons (Fsp3) is 0.478. The van der Waals surface area contributed by atoms with Crippen molar-refractivity contribution in [3.05, 3.63) is 46.8 Å². The Balaban J connectivity index is 1.84. The van der Waals surface area contributed by atoms with Crippen LogP contribution in [0, 0.1) is 13.8 Å². The van der Waals surface area contributed by atoms with Crippen LogP contribution in [0.25, 0.3) is 0 Å². The van der Waals surface area contributed by atoms with Gasteiger partial charge in [-0.15, -0.1) is 0 Å². The molecule has 0 unspecified atom stereocenters. The molecule has 2 aromatic rings. The van der Waals surface area contributed by atoms with Crippen molar-refractivity contribution in [1.29, 1.82) is 0 Å². The number of aliphatic imine (C=N–C) groups is 1. The Morgan fingerprint density at radius 2 is 1.90 bits per heavy atom. The zero-order valence-electron chi connectivity index (χ0n) is 19.0. The summed E-state index contributed by atoms with van der Waals surface area (Å²) in [5.74, 6) is 3.19. The smallest absolute Gasteiger partial charge is 0.191 e. The van der Waals surface area contributed by atoms with E-state index in [4.69, 9.17) is 14.2 Å². The Bertz CT molecular complexity index is 853. The van der Waals surface area contributed by atoms with Crippen LogP contribution in [0.5, 0.6) is 17.2 Å². The van der Waals surface area contributed by atoms with E-state index in [2.05, 4.69) is 32.7 Å². The number of rotatable bonds is 10. The van der Waals surface area contributed by atoms with Gasteiger partial charge in [0.15, 0.2) is 17.5 Å². The molecule has 0 spiro atoms. The predicted octanol–water partition coefficient (Wildman–Crippen LogP) is 3.41. The van der Waals surface area contributed by atoms with Crippen LogP contribution in [0.4, 0.5) is 0 Å². The molecule has 0 aliphatic carbocycles. The van der Waals surface area contributed by atoms with E-state index in [-0.39, 0.29) is 0 Å². The van der Waals surface area contributed by atoms with E-state index in [1.807, 2.05) is 33.0 Å². The van der Waals surface area contributed by atoms with Crippen molar-refractivity contribution in [3.63, 3.8) is 0 Å². The average molecular weight is 415 g/mol. The second-order valence-corrected chi connectivity index (χ2v) is 6.92. The lowest BCUT2D eigenvalue weighted by molar-refractivity contribution is 0.310. The van der Waals surface area contributed by atoms with Crippen LogP contribution in [0.2, 0.25) is 0 Å². The second-order valence-electron chi connectivity index (χ2n) is 6.92. The maximum atomic E-state index is 5.65. The summed E-state index contributed by atoms with van der Waals surface area (Å²) in [6, 6.07) is 6.09. The number of nitrogens with one attached hydrogen (secondary N) is 2. The molecule has 0 aliphatic rings. The summed E-state index contributed by atoms with van der Waals surface area (Å²) in [7, 11) is 5.11. The van der Waals surface area contributed by atoms with Crippen molar-refractivity contribution in [2.75, 3.05) is 34.4 Å². The van der Waals surface area contributed by atoms with Crippen molar-refractivity contribution >= 4 is 5.96 Å². The van der Waals surface area contributed by atoms with Crippen LogP contribution in [-0.2, 0) is 13.0 Å². The molecule has 2 rings (SSSR count). The summed E-state index contributed by atoms with van der Waals surface area (Å²) < 4.78 is 16.5. The Kier molecular flexibility index (Phi) is 9.25. The highest BCUT2D eigenvalue weighted by atomic mass is 16.5. The third kappa shape index (κ3) is 6.27. The van der Waals surface area contributed by atoms with E-state index in [0.717, 1.165) is 59.4 Å². The van der Waals surface area contributed by atoms with E-state index in [0.29, 0.717) is 13.2 Å². The number of aromatic nitrogens is 1. The summed E-state index contributed by atoms with van der Waals surface area (Å²) in [6.45, 7) is 7.99. The van der Waals surface area contributed by atoms with Crippen LogP contribution in [-0.4, -0.2) is 45.4 Å². The molecule has 0 saturated heterocycles. The minimum absolute atomic E-state index is 0.582. The molecular weight excluding hydrogens is 380 g/mol. The van der Waals surface area contributed by atoms with Gasteiger partial charge >= 0.3 is 0 Å². The zero-order valence-corrected chi connectivity index (χ0v) is 19.0. The Labute approximate surface area is 179 Å². The third-order valence-electron chi connectivity index (χ3n) is 4.86. The van der Waals surface area contributed by atoms with Crippen LogP contribution in [0.1, 0.15) is 35.7 Å². The monoisotopic (exact) mass is 414 g/mol. The highest BCUT2D eigenvalue weighted by Gasteiger charge is 2.10. The van der Waals surface area contributed by atoms with Crippen LogP contribution in [0.15, 0.2) is 29.4 Å². The van der Waals surface area contributed by atoms with E-state index in [9.17, 15) is 0 Å². The zero-order chi connectivity index (χ0) is 21.9. The van der Waals surface area contributed by atoms with Gasteiger partial charge in [0.25, 0.3) is 0 Å². The number of nitrogens with zero attached hydrogens (tertiary/aromatic N) is 2. The van der Waals surface area contributed by atoms with Crippen LogP contribution >= 0.6 is 0 Å². The van der Waals surface area contributed by atoms with Gasteiger partial charge in [-0.25, -0.2) is 0 Å². The van der Waals surface area contributed by atoms with Crippen molar-refractivity contribution in [3.8, 4) is 17.2 Å². The van der Waals surface area contributed by atoms with Crippen molar-refractivity contribution in [1.82, 2.24) is 15.6 Å². The van der Waals surface area contributed by atoms with Gasteiger partial charge in [0.1, 0.15) is 5.75 Å². The minimum Gasteiger partial charge on any atom is -0.496 e. The first-order valence-corrected chi connectivity index (χ1v) is 10.3. The highest BCUT2D eigenvalue weighted by Crippen LogP contribution is 2.28. The lowest BCUT2D eigenvalue weighted by Gasteiger charge is -2.15. The Morgan fingerprint density at radius 3 is 2.57 bits per heavy atom. The topological polar surface area (TPSA) is 77.0 Å². The van der Waals surface area contributed by atoms with E-state index < -0.39 is 0 Å². The van der Waals surface area contributed by atoms with Gasteiger partial charge in [0, 0.05) is 30.9 Å². The van der Waals surface area contributed by atoms with Crippen molar-refractivity contribution in [2.24, 2.45) is 4.99 Å². The third-order valence-corrected chi connectivity index (χ3v) is 4.86. The van der Waals surface area contributed by atoms with Gasteiger partial charge in [-0.2, -0.15) is 0 Å². The number of benzene rings is 1. The average Bonchev–Trinajstić information content (AvgIpc) is 2.75. The summed E-state index contributed by atoms with van der Waals surface area (Å²) in [5.41, 5.74) is 4.25. The number of hydrogen-bond donors (Lipinski definition) is 2. The summed E-state index contributed by atoms with van der Waals surface area (Å²) in [4.78, 5) is 8.82. The van der Waals surface area contributed by atoms with Crippen LogP contribution < -0.4 is 24.8 Å². The first-order valence-electron chi connectivity index (χ1n) is 10.3. The molecule has 2 N–H and O–H groups in total. The molecule has 7 heteroatoms. The number of aryl methyl sites for hydroxylation is 2. The number of pyridine rings is 1. The molecule has 0 fully saturated rings. The number of methoxy groups -OCH3 is 2. The van der Waals surface area contributed by atoms with Gasteiger partial charge in [0.2, 0.25) is 0 Å². The first kappa shape index (κ1) is 23.3. The second kappa shape index (κ2) is 11.9. The fourth-order valence-corrected chi connectivity index (χ4v) is 3.28. The molecule has 30 heavy (non-hydrogen) atoms. The summed E-state index contributed by atoms with van der Waals surface area (Å²) in [6.07, 6.45) is 3.74. The van der Waals surface area contributed by atoms with Gasteiger partial charge in [-0.05, 0) is 51.3 Å². The number of guanidine groups is 1. The fourth-order valence-electron chi connectivity index (χ4n) is 3.28. The van der Waals surface area contributed by atoms with Crippen LogP contribution in [0.3, 0.4) is 0 Å². The molecule has 0 radical (unpaired) electrons. The molecule has 1 aromatic heterocycles. The lowest BCUT2D eigenvalue weighted by Crippen LogP contribution is -2.37. The van der Waals surface area contributed by atoms with Gasteiger partial charge in [0.05, 0.1) is 33.1 Å². The van der Waals surface area contributed by atoms with Crippen molar-refractivity contribution < 1.29 is 14.2 Å². The molecule has 7 nitrogen and oxygen atoms in total. The molecule has 0 atom stereocenters. The number of ether oxygens (including phenoxy) is 3. The van der Waals surface area contributed by atoms with E-state index in [1.165, 1.54) is 5.56 Å². The molecule has 0 amide bonds. The molecular formula is C23H34N4O3. The molecule has 0 bridgehead atoms. The maximum absolute atomic E-state index is 5.65. The number of hydrogen-bond acceptors (Lipinski definition) is 5. The SMILES string of the molecule is CCOc1cc(CCCNC(=NC)NCc2ncc(C)c(OC)c2C)ccc1OC. The quantitative estimate of drug-likeness (QED) is 0.352. The maximum Gasteiger partial charge on any atom is 0.191 e. The normalized spacial score (nSPS) is 11.2. The molecule has 164 valence electrons. The van der Waals surface area contributed by atoms with Gasteiger partial charge in [-0.1, -0.05) is 6.07 Å². The summed E-state index contributed by atoms with van der Waals surface area (Å²) in [5, 5.41) is 6.68. The Morgan fingerprint density at radius 1 is 1.10 bits per heavy atom. The first-order chi connectivity index (χ1) is 14.5. The minimum atomic E-state index is 0.582. The lowest BCUT2D eigenvalue weighted by atomic mass is 10.1. The predicted molar refractivity (Wildman–Crippen MR) is 121 cm³/mol. The van der Waals surface area contributed by atoms with Crippen molar-refractivity contribution in [2.45, 2.75) is 40.2 Å². The molecule has 1 aromatic carbocycles. The van der Waals surface area contributed by atoms with Gasteiger partial charge in [-0.3, -0.25) is 9.98 Å². The van der Waals surface area contributed by atoms with Gasteiger partial charge < -0.3 is 24.8 Å². The van der Waals surface area contributed by atoms with E-state index in [1.54, 1.807) is 21.3 Å². The molecule has 0 aliphatic heterocycles. The highest BCUT2D eigenvalue weighted by molar-refractivity contribution is 5.79. The largest absolute Gasteiger partial charge is 0.496 e. The molecule has 0 saturated carbocycles. The Hall–Kier alpha value is -2.96. The van der Waals surface area contributed by atoms with E-state index >= 15 is 0 Å². The molecule has 1 heterocycles. The summed E-state index contributed by atoms with van der Waals surface area (Å²) >= 11 is 0.